The molecule has 0 amide bonds. The molecule has 0 aromatic heterocycles. The molecule has 1 heteroatoms. The molecule has 2 bridgehead atoms. The van der Waals surface area contributed by atoms with Gasteiger partial charge in [-0.25, -0.2) is 0 Å². The summed E-state index contributed by atoms with van der Waals surface area (Å²) in [6.07, 6.45) is 10.6. The van der Waals surface area contributed by atoms with Gasteiger partial charge in [0.2, 0.25) is 0 Å². The van der Waals surface area contributed by atoms with Gasteiger partial charge in [-0.05, 0) is 57.4 Å². The first-order valence-corrected chi connectivity index (χ1v) is 6.47. The van der Waals surface area contributed by atoms with Gasteiger partial charge in [0.05, 0.1) is 0 Å². The van der Waals surface area contributed by atoms with Crippen molar-refractivity contribution in [1.82, 2.24) is 5.32 Å². The summed E-state index contributed by atoms with van der Waals surface area (Å²) < 4.78 is 0. The quantitative estimate of drug-likeness (QED) is 0.710. The van der Waals surface area contributed by atoms with E-state index in [2.05, 4.69) is 19.3 Å². The zero-order valence-electron chi connectivity index (χ0n) is 9.76. The largest absolute Gasteiger partial charge is 0.317 e. The third-order valence-electron chi connectivity index (χ3n) is 4.59. The van der Waals surface area contributed by atoms with E-state index in [1.54, 1.807) is 25.7 Å². The van der Waals surface area contributed by atoms with Gasteiger partial charge in [-0.3, -0.25) is 0 Å². The van der Waals surface area contributed by atoms with Crippen LogP contribution in [0, 0.1) is 17.8 Å². The van der Waals surface area contributed by atoms with Crippen molar-refractivity contribution in [2.75, 3.05) is 7.05 Å². The maximum atomic E-state index is 3.32. The molecule has 2 aliphatic rings. The molecule has 4 unspecified atom stereocenters. The fourth-order valence-electron chi connectivity index (χ4n) is 3.56. The number of hydrogen-bond acceptors (Lipinski definition) is 1. The first-order valence-electron chi connectivity index (χ1n) is 6.47. The van der Waals surface area contributed by atoms with Crippen molar-refractivity contribution in [3.05, 3.63) is 0 Å². The summed E-state index contributed by atoms with van der Waals surface area (Å²) in [4.78, 5) is 0. The van der Waals surface area contributed by atoms with Crippen LogP contribution in [0.5, 0.6) is 0 Å². The highest BCUT2D eigenvalue weighted by molar-refractivity contribution is 4.89. The molecule has 0 radical (unpaired) electrons. The fraction of sp³-hybridized carbons (Fsp3) is 1.00. The second-order valence-corrected chi connectivity index (χ2v) is 5.56. The summed E-state index contributed by atoms with van der Waals surface area (Å²) in [5.41, 5.74) is 0. The van der Waals surface area contributed by atoms with Crippen LogP contribution in [-0.2, 0) is 0 Å². The van der Waals surface area contributed by atoms with Crippen molar-refractivity contribution in [3.63, 3.8) is 0 Å². The smallest absolute Gasteiger partial charge is 0.00357 e. The van der Waals surface area contributed by atoms with Gasteiger partial charge in [0.25, 0.3) is 0 Å². The number of fused-ring (bicyclic) bond motifs is 2. The third kappa shape index (κ3) is 2.31. The normalized spacial score (nSPS) is 37.7. The minimum atomic E-state index is 0.716. The minimum absolute atomic E-state index is 0.716. The van der Waals surface area contributed by atoms with E-state index in [0.29, 0.717) is 6.04 Å². The lowest BCUT2D eigenvalue weighted by molar-refractivity contribution is 0.301. The van der Waals surface area contributed by atoms with E-state index >= 15 is 0 Å². The monoisotopic (exact) mass is 195 g/mol. The molecule has 0 spiro atoms. The highest BCUT2D eigenvalue weighted by Crippen LogP contribution is 2.49. The van der Waals surface area contributed by atoms with Gasteiger partial charge >= 0.3 is 0 Å². The van der Waals surface area contributed by atoms with Gasteiger partial charge in [-0.1, -0.05) is 19.3 Å². The Hall–Kier alpha value is -0.0400. The van der Waals surface area contributed by atoms with Gasteiger partial charge < -0.3 is 5.32 Å². The highest BCUT2D eigenvalue weighted by Gasteiger charge is 2.38. The van der Waals surface area contributed by atoms with Crippen LogP contribution in [0.4, 0.5) is 0 Å². The lowest BCUT2D eigenvalue weighted by atomic mass is 9.85. The van der Waals surface area contributed by atoms with E-state index < -0.39 is 0 Å². The summed E-state index contributed by atoms with van der Waals surface area (Å²) in [5, 5.41) is 3.32. The zero-order chi connectivity index (χ0) is 9.97. The fourth-order valence-corrected chi connectivity index (χ4v) is 3.56. The Balaban J connectivity index is 1.62. The Morgan fingerprint density at radius 1 is 1.29 bits per heavy atom. The van der Waals surface area contributed by atoms with Gasteiger partial charge in [0.1, 0.15) is 0 Å². The molecule has 0 aromatic carbocycles. The SMILES string of the molecule is CNC(C)CCCC1CC2CCC1C2. The molecule has 2 rings (SSSR count). The van der Waals surface area contributed by atoms with Crippen LogP contribution < -0.4 is 5.32 Å². The summed E-state index contributed by atoms with van der Waals surface area (Å²) in [5.74, 6) is 3.37. The molecule has 2 fully saturated rings. The average molecular weight is 195 g/mol. The summed E-state index contributed by atoms with van der Waals surface area (Å²) in [6, 6.07) is 0.716. The van der Waals surface area contributed by atoms with Gasteiger partial charge in [-0.2, -0.15) is 0 Å². The summed E-state index contributed by atoms with van der Waals surface area (Å²) >= 11 is 0. The molecule has 2 saturated carbocycles. The topological polar surface area (TPSA) is 12.0 Å². The Morgan fingerprint density at radius 3 is 2.71 bits per heavy atom. The zero-order valence-corrected chi connectivity index (χ0v) is 9.76. The third-order valence-corrected chi connectivity index (χ3v) is 4.59. The van der Waals surface area contributed by atoms with Crippen molar-refractivity contribution in [2.45, 2.75) is 57.9 Å². The van der Waals surface area contributed by atoms with E-state index in [0.717, 1.165) is 17.8 Å². The first-order chi connectivity index (χ1) is 6.79. The van der Waals surface area contributed by atoms with Gasteiger partial charge in [-0.15, -0.1) is 0 Å². The predicted octanol–water partition coefficient (Wildman–Crippen LogP) is 3.20. The van der Waals surface area contributed by atoms with E-state index in [-0.39, 0.29) is 0 Å². The van der Waals surface area contributed by atoms with E-state index in [4.69, 9.17) is 0 Å². The van der Waals surface area contributed by atoms with Crippen LogP contribution in [0.2, 0.25) is 0 Å². The second kappa shape index (κ2) is 4.65. The van der Waals surface area contributed by atoms with Crippen molar-refractivity contribution >= 4 is 0 Å². The maximum absolute atomic E-state index is 3.32. The Labute approximate surface area is 88.7 Å². The molecule has 4 atom stereocenters. The molecule has 2 aliphatic carbocycles. The van der Waals surface area contributed by atoms with Gasteiger partial charge in [0, 0.05) is 6.04 Å². The van der Waals surface area contributed by atoms with Crippen LogP contribution >= 0.6 is 0 Å². The Kier molecular flexibility index (Phi) is 3.48. The molecule has 0 heterocycles. The van der Waals surface area contributed by atoms with Crippen molar-refractivity contribution in [1.29, 1.82) is 0 Å². The second-order valence-electron chi connectivity index (χ2n) is 5.56. The molecule has 82 valence electrons. The highest BCUT2D eigenvalue weighted by atomic mass is 14.8. The average Bonchev–Trinajstić information content (AvgIpc) is 2.79. The number of nitrogens with one attached hydrogen (secondary N) is 1. The predicted molar refractivity (Wildman–Crippen MR) is 61.3 cm³/mol. The van der Waals surface area contributed by atoms with Crippen LogP contribution in [-0.4, -0.2) is 13.1 Å². The molecule has 0 aromatic rings. The van der Waals surface area contributed by atoms with Crippen molar-refractivity contribution < 1.29 is 0 Å². The van der Waals surface area contributed by atoms with Crippen LogP contribution in [0.15, 0.2) is 0 Å². The summed E-state index contributed by atoms with van der Waals surface area (Å²) in [7, 11) is 2.07. The van der Waals surface area contributed by atoms with E-state index in [1.165, 1.54) is 19.3 Å². The molecule has 14 heavy (non-hydrogen) atoms. The minimum Gasteiger partial charge on any atom is -0.317 e. The maximum Gasteiger partial charge on any atom is 0.00357 e. The molecular weight excluding hydrogens is 170 g/mol. The Morgan fingerprint density at radius 2 is 2.14 bits per heavy atom. The lowest BCUT2D eigenvalue weighted by Gasteiger charge is -2.22. The molecular formula is C13H25N. The number of hydrogen-bond donors (Lipinski definition) is 1. The standard InChI is InChI=1S/C13H25N/c1-10(14-2)4-3-5-12-8-11-6-7-13(12)9-11/h10-14H,3-9H2,1-2H3. The van der Waals surface area contributed by atoms with Crippen molar-refractivity contribution in [3.8, 4) is 0 Å². The molecule has 1 nitrogen and oxygen atoms in total. The lowest BCUT2D eigenvalue weighted by Crippen LogP contribution is -2.21. The molecule has 0 saturated heterocycles. The number of rotatable bonds is 5. The summed E-state index contributed by atoms with van der Waals surface area (Å²) in [6.45, 7) is 2.29. The first kappa shape index (κ1) is 10.5. The Bertz CT molecular complexity index is 178. The molecule has 0 aliphatic heterocycles. The van der Waals surface area contributed by atoms with Crippen LogP contribution in [0.1, 0.15) is 51.9 Å². The molecule has 1 N–H and O–H groups in total. The van der Waals surface area contributed by atoms with Crippen LogP contribution in [0.3, 0.4) is 0 Å². The van der Waals surface area contributed by atoms with Crippen molar-refractivity contribution in [2.24, 2.45) is 17.8 Å². The van der Waals surface area contributed by atoms with Gasteiger partial charge in [0.15, 0.2) is 0 Å². The van der Waals surface area contributed by atoms with E-state index in [9.17, 15) is 0 Å². The van der Waals surface area contributed by atoms with Crippen LogP contribution in [0.25, 0.3) is 0 Å². The van der Waals surface area contributed by atoms with E-state index in [1.807, 2.05) is 0 Å².